The summed E-state index contributed by atoms with van der Waals surface area (Å²) < 4.78 is 7.80. The van der Waals surface area contributed by atoms with Crippen LogP contribution in [0.1, 0.15) is 22.8 Å². The Kier molecular flexibility index (Phi) is 5.85. The Bertz CT molecular complexity index is 1350. The van der Waals surface area contributed by atoms with Crippen LogP contribution in [0.3, 0.4) is 0 Å². The second kappa shape index (κ2) is 8.89. The van der Waals surface area contributed by atoms with Gasteiger partial charge in [0.1, 0.15) is 12.1 Å². The molecule has 0 bridgehead atoms. The number of amides is 1. The van der Waals surface area contributed by atoms with Crippen molar-refractivity contribution < 1.29 is 14.3 Å². The number of esters is 1. The maximum atomic E-state index is 12.9. The van der Waals surface area contributed by atoms with Crippen molar-refractivity contribution in [2.45, 2.75) is 20.4 Å². The molecule has 8 nitrogen and oxygen atoms in total. The fourth-order valence-corrected chi connectivity index (χ4v) is 3.31. The molecule has 4 aromatic rings. The normalized spacial score (nSPS) is 10.8. The molecule has 0 aliphatic carbocycles. The van der Waals surface area contributed by atoms with Gasteiger partial charge in [-0.05, 0) is 38.1 Å². The molecule has 4 rings (SSSR count). The number of fused-ring (bicyclic) bond motifs is 1. The summed E-state index contributed by atoms with van der Waals surface area (Å²) >= 11 is 0. The van der Waals surface area contributed by atoms with Crippen molar-refractivity contribution in [3.05, 3.63) is 88.5 Å². The van der Waals surface area contributed by atoms with E-state index in [4.69, 9.17) is 4.74 Å². The molecule has 0 fully saturated rings. The first-order valence-electron chi connectivity index (χ1n) is 10.2. The summed E-state index contributed by atoms with van der Waals surface area (Å²) in [4.78, 5) is 37.3. The lowest BCUT2D eigenvalue weighted by atomic mass is 10.1. The van der Waals surface area contributed by atoms with Crippen molar-refractivity contribution in [3.63, 3.8) is 0 Å². The van der Waals surface area contributed by atoms with Gasteiger partial charge in [-0.1, -0.05) is 35.9 Å². The van der Waals surface area contributed by atoms with Crippen molar-refractivity contribution in [3.8, 4) is 11.3 Å². The molecule has 1 N–H and O–H groups in total. The van der Waals surface area contributed by atoms with Crippen LogP contribution in [0.25, 0.3) is 16.8 Å². The summed E-state index contributed by atoms with van der Waals surface area (Å²) in [6, 6.07) is 16.0. The van der Waals surface area contributed by atoms with Gasteiger partial charge in [-0.15, -0.1) is 0 Å². The molecule has 0 unspecified atom stereocenters. The molecule has 0 saturated carbocycles. The SMILES string of the molecule is CCOC(=O)c1cccc(NC(=O)Cn2ccn3nc(-c4ccc(C)cc4)cc3c2=O)c1. The highest BCUT2D eigenvalue weighted by molar-refractivity contribution is 5.94. The Balaban J connectivity index is 1.53. The topological polar surface area (TPSA) is 94.7 Å². The molecule has 32 heavy (non-hydrogen) atoms. The third kappa shape index (κ3) is 4.44. The molecule has 0 atom stereocenters. The molecule has 0 spiro atoms. The van der Waals surface area contributed by atoms with Gasteiger partial charge < -0.3 is 14.6 Å². The molecular weight excluding hydrogens is 408 g/mol. The predicted octanol–water partition coefficient (Wildman–Crippen LogP) is 3.29. The Hall–Kier alpha value is -4.20. The van der Waals surface area contributed by atoms with Gasteiger partial charge in [-0.25, -0.2) is 9.31 Å². The Morgan fingerprint density at radius 3 is 2.59 bits per heavy atom. The van der Waals surface area contributed by atoms with Gasteiger partial charge in [0.15, 0.2) is 0 Å². The number of rotatable bonds is 6. The van der Waals surface area contributed by atoms with E-state index in [1.54, 1.807) is 37.4 Å². The van der Waals surface area contributed by atoms with E-state index >= 15 is 0 Å². The van der Waals surface area contributed by atoms with Crippen molar-refractivity contribution in [2.24, 2.45) is 0 Å². The van der Waals surface area contributed by atoms with Crippen LogP contribution >= 0.6 is 0 Å². The lowest BCUT2D eigenvalue weighted by Gasteiger charge is -2.09. The number of anilines is 1. The van der Waals surface area contributed by atoms with Gasteiger partial charge in [0.05, 0.1) is 17.9 Å². The van der Waals surface area contributed by atoms with Gasteiger partial charge in [0, 0.05) is 23.6 Å². The van der Waals surface area contributed by atoms with Crippen LogP contribution < -0.4 is 10.9 Å². The van der Waals surface area contributed by atoms with Gasteiger partial charge in [-0.2, -0.15) is 5.10 Å². The van der Waals surface area contributed by atoms with Gasteiger partial charge in [-0.3, -0.25) is 9.59 Å². The zero-order valence-electron chi connectivity index (χ0n) is 17.7. The van der Waals surface area contributed by atoms with Crippen LogP contribution in [-0.2, 0) is 16.1 Å². The third-order valence-corrected chi connectivity index (χ3v) is 4.92. The molecule has 0 aliphatic rings. The molecule has 162 valence electrons. The fraction of sp³-hybridized carbons (Fsp3) is 0.167. The van der Waals surface area contributed by atoms with Crippen molar-refractivity contribution in [1.82, 2.24) is 14.2 Å². The van der Waals surface area contributed by atoms with E-state index in [0.717, 1.165) is 11.1 Å². The Morgan fingerprint density at radius 1 is 1.06 bits per heavy atom. The summed E-state index contributed by atoms with van der Waals surface area (Å²) in [5.74, 6) is -0.855. The zero-order valence-corrected chi connectivity index (χ0v) is 17.7. The minimum atomic E-state index is -0.463. The van der Waals surface area contributed by atoms with Crippen LogP contribution in [0.4, 0.5) is 5.69 Å². The number of aromatic nitrogens is 3. The van der Waals surface area contributed by atoms with E-state index < -0.39 is 11.9 Å². The van der Waals surface area contributed by atoms with E-state index in [-0.39, 0.29) is 18.7 Å². The maximum absolute atomic E-state index is 12.9. The minimum Gasteiger partial charge on any atom is -0.462 e. The molecule has 1 amide bonds. The first kappa shape index (κ1) is 21.0. The van der Waals surface area contributed by atoms with E-state index in [0.29, 0.717) is 22.5 Å². The molecule has 2 aromatic heterocycles. The van der Waals surface area contributed by atoms with E-state index in [9.17, 15) is 14.4 Å². The summed E-state index contributed by atoms with van der Waals surface area (Å²) in [5, 5.41) is 7.17. The van der Waals surface area contributed by atoms with E-state index in [1.807, 2.05) is 31.2 Å². The second-order valence-corrected chi connectivity index (χ2v) is 7.31. The molecule has 0 saturated heterocycles. The summed E-state index contributed by atoms with van der Waals surface area (Å²) in [6.07, 6.45) is 3.17. The molecule has 2 aromatic carbocycles. The molecule has 8 heteroatoms. The van der Waals surface area contributed by atoms with E-state index in [1.165, 1.54) is 21.3 Å². The average Bonchev–Trinajstić information content (AvgIpc) is 3.22. The predicted molar refractivity (Wildman–Crippen MR) is 121 cm³/mol. The maximum Gasteiger partial charge on any atom is 0.338 e. The Morgan fingerprint density at radius 2 is 1.84 bits per heavy atom. The zero-order chi connectivity index (χ0) is 22.7. The third-order valence-electron chi connectivity index (χ3n) is 4.92. The molecule has 0 radical (unpaired) electrons. The number of carbonyl (C=O) groups excluding carboxylic acids is 2. The van der Waals surface area contributed by atoms with Crippen molar-refractivity contribution in [2.75, 3.05) is 11.9 Å². The van der Waals surface area contributed by atoms with Crippen LogP contribution in [0.5, 0.6) is 0 Å². The molecule has 2 heterocycles. The number of carbonyl (C=O) groups is 2. The lowest BCUT2D eigenvalue weighted by molar-refractivity contribution is -0.116. The highest BCUT2D eigenvalue weighted by atomic mass is 16.5. The summed E-state index contributed by atoms with van der Waals surface area (Å²) in [7, 11) is 0. The van der Waals surface area contributed by atoms with Crippen LogP contribution in [0.2, 0.25) is 0 Å². The number of hydrogen-bond donors (Lipinski definition) is 1. The second-order valence-electron chi connectivity index (χ2n) is 7.31. The number of nitrogens with one attached hydrogen (secondary N) is 1. The first-order valence-corrected chi connectivity index (χ1v) is 10.2. The fourth-order valence-electron chi connectivity index (χ4n) is 3.31. The van der Waals surface area contributed by atoms with Crippen LogP contribution in [0.15, 0.2) is 71.8 Å². The number of aryl methyl sites for hydroxylation is 1. The van der Waals surface area contributed by atoms with Crippen molar-refractivity contribution in [1.29, 1.82) is 0 Å². The lowest BCUT2D eigenvalue weighted by Crippen LogP contribution is -2.28. The Labute approximate surface area is 184 Å². The number of nitrogens with zero attached hydrogens (tertiary/aromatic N) is 3. The average molecular weight is 430 g/mol. The quantitative estimate of drug-likeness (QED) is 0.474. The van der Waals surface area contributed by atoms with Crippen molar-refractivity contribution >= 4 is 23.1 Å². The van der Waals surface area contributed by atoms with E-state index in [2.05, 4.69) is 10.4 Å². The molecular formula is C24H22N4O4. The minimum absolute atomic E-state index is 0.177. The number of ether oxygens (including phenoxy) is 1. The standard InChI is InChI=1S/C24H22N4O4/c1-3-32-24(31)18-5-4-6-19(13-18)25-22(29)15-27-11-12-28-21(23(27)30)14-20(26-28)17-9-7-16(2)8-10-17/h4-14H,3,15H2,1-2H3,(H,25,29). The summed E-state index contributed by atoms with van der Waals surface area (Å²) in [5.41, 5.74) is 3.56. The highest BCUT2D eigenvalue weighted by Crippen LogP contribution is 2.19. The number of hydrogen-bond acceptors (Lipinski definition) is 5. The monoisotopic (exact) mass is 430 g/mol. The highest BCUT2D eigenvalue weighted by Gasteiger charge is 2.12. The summed E-state index contributed by atoms with van der Waals surface area (Å²) in [6.45, 7) is 3.82. The smallest absolute Gasteiger partial charge is 0.338 e. The largest absolute Gasteiger partial charge is 0.462 e. The van der Waals surface area contributed by atoms with Gasteiger partial charge >= 0.3 is 5.97 Å². The van der Waals surface area contributed by atoms with Gasteiger partial charge in [0.2, 0.25) is 5.91 Å². The van der Waals surface area contributed by atoms with Crippen LogP contribution in [-0.4, -0.2) is 32.7 Å². The molecule has 0 aliphatic heterocycles. The first-order chi connectivity index (χ1) is 15.4. The van der Waals surface area contributed by atoms with Crippen LogP contribution in [0, 0.1) is 6.92 Å². The van der Waals surface area contributed by atoms with Gasteiger partial charge in [0.25, 0.3) is 5.56 Å². The number of benzene rings is 2.